The number of hydrogen-bond donors (Lipinski definition) is 0. The highest BCUT2D eigenvalue weighted by Crippen LogP contribution is 2.26. The van der Waals surface area contributed by atoms with Gasteiger partial charge in [-0.25, -0.2) is 0 Å². The van der Waals surface area contributed by atoms with E-state index in [2.05, 4.69) is 26.0 Å². The van der Waals surface area contributed by atoms with E-state index < -0.39 is 11.2 Å². The van der Waals surface area contributed by atoms with Crippen molar-refractivity contribution in [2.24, 2.45) is 0 Å². The van der Waals surface area contributed by atoms with Gasteiger partial charge in [-0.1, -0.05) is 26.0 Å². The van der Waals surface area contributed by atoms with Crippen LogP contribution in [0.3, 0.4) is 0 Å². The maximum Gasteiger partial charge on any atom is 0.153 e. The van der Waals surface area contributed by atoms with Gasteiger partial charge in [0.2, 0.25) is 0 Å². The minimum Gasteiger partial charge on any atom is -0.611 e. The molecule has 0 saturated carbocycles. The molecule has 0 fully saturated rings. The molecule has 2 heteroatoms. The molecule has 1 aromatic rings. The molecule has 0 radical (unpaired) electrons. The Kier molecular flexibility index (Phi) is 3.85. The van der Waals surface area contributed by atoms with E-state index in [1.165, 1.54) is 5.56 Å². The van der Waals surface area contributed by atoms with Gasteiger partial charge >= 0.3 is 0 Å². The zero-order valence-corrected chi connectivity index (χ0v) is 11.0. The summed E-state index contributed by atoms with van der Waals surface area (Å²) in [6.45, 7) is 10.3. The van der Waals surface area contributed by atoms with Crippen LogP contribution in [-0.2, 0) is 11.2 Å². The van der Waals surface area contributed by atoms with Crippen LogP contribution in [0, 0.1) is 0 Å². The number of rotatable bonds is 2. The first kappa shape index (κ1) is 12.6. The minimum absolute atomic E-state index is 0.181. The second kappa shape index (κ2) is 4.58. The summed E-state index contributed by atoms with van der Waals surface area (Å²) in [4.78, 5) is 0.923. The van der Waals surface area contributed by atoms with Crippen molar-refractivity contribution >= 4 is 11.2 Å². The topological polar surface area (TPSA) is 23.1 Å². The van der Waals surface area contributed by atoms with E-state index in [1.54, 1.807) is 0 Å². The predicted octanol–water partition coefficient (Wildman–Crippen LogP) is 3.72. The van der Waals surface area contributed by atoms with Crippen LogP contribution >= 0.6 is 0 Å². The van der Waals surface area contributed by atoms with E-state index in [9.17, 15) is 4.55 Å². The quantitative estimate of drug-likeness (QED) is 0.702. The molecule has 0 spiro atoms. The molecule has 1 atom stereocenters. The van der Waals surface area contributed by atoms with Crippen LogP contribution in [0.1, 0.15) is 46.1 Å². The Bertz CT molecular complexity index is 308. The van der Waals surface area contributed by atoms with E-state index >= 15 is 0 Å². The largest absolute Gasteiger partial charge is 0.611 e. The van der Waals surface area contributed by atoms with E-state index in [1.807, 2.05) is 32.9 Å². The van der Waals surface area contributed by atoms with Gasteiger partial charge in [0.15, 0.2) is 4.90 Å². The van der Waals surface area contributed by atoms with Crippen molar-refractivity contribution in [3.05, 3.63) is 29.8 Å². The van der Waals surface area contributed by atoms with Crippen molar-refractivity contribution in [2.75, 3.05) is 0 Å². The molecular formula is C13H20OS. The fraction of sp³-hybridized carbons (Fsp3) is 0.538. The van der Waals surface area contributed by atoms with Crippen molar-refractivity contribution in [2.45, 2.75) is 50.2 Å². The maximum absolute atomic E-state index is 12.1. The van der Waals surface area contributed by atoms with Crippen LogP contribution in [0.4, 0.5) is 0 Å². The molecule has 0 aromatic heterocycles. The Balaban J connectivity index is 2.89. The third-order valence-electron chi connectivity index (χ3n) is 2.32. The van der Waals surface area contributed by atoms with Crippen LogP contribution in [0.5, 0.6) is 0 Å². The van der Waals surface area contributed by atoms with Gasteiger partial charge in [-0.2, -0.15) is 0 Å². The molecule has 0 aliphatic rings. The van der Waals surface area contributed by atoms with Gasteiger partial charge in [0.05, 0.1) is 0 Å². The normalized spacial score (nSPS) is 14.3. The van der Waals surface area contributed by atoms with Crippen LogP contribution in [0.15, 0.2) is 29.2 Å². The second-order valence-electron chi connectivity index (χ2n) is 5.10. The average molecular weight is 224 g/mol. The molecule has 0 saturated heterocycles. The summed E-state index contributed by atoms with van der Waals surface area (Å²) in [5, 5.41) is 0. The third kappa shape index (κ3) is 3.25. The molecule has 0 aliphatic carbocycles. The van der Waals surface area contributed by atoms with Gasteiger partial charge in [-0.05, 0) is 55.6 Å². The smallest absolute Gasteiger partial charge is 0.153 e. The lowest BCUT2D eigenvalue weighted by Gasteiger charge is -2.24. The molecule has 1 rings (SSSR count). The van der Waals surface area contributed by atoms with E-state index in [0.717, 1.165) is 4.90 Å². The molecule has 0 aliphatic heterocycles. The van der Waals surface area contributed by atoms with Gasteiger partial charge in [0, 0.05) is 0 Å². The zero-order valence-electron chi connectivity index (χ0n) is 10.2. The molecule has 1 aromatic carbocycles. The van der Waals surface area contributed by atoms with Crippen LogP contribution in [0.25, 0.3) is 0 Å². The average Bonchev–Trinajstić information content (AvgIpc) is 2.15. The first-order chi connectivity index (χ1) is 6.82. The van der Waals surface area contributed by atoms with Gasteiger partial charge in [-0.15, -0.1) is 0 Å². The Labute approximate surface area is 96.1 Å². The van der Waals surface area contributed by atoms with Crippen molar-refractivity contribution in [1.82, 2.24) is 0 Å². The molecule has 0 heterocycles. The number of hydrogen-bond acceptors (Lipinski definition) is 1. The summed E-state index contributed by atoms with van der Waals surface area (Å²) in [6.07, 6.45) is 0. The summed E-state index contributed by atoms with van der Waals surface area (Å²) in [5.41, 5.74) is 1.30. The molecule has 15 heavy (non-hydrogen) atoms. The van der Waals surface area contributed by atoms with Crippen molar-refractivity contribution in [3.63, 3.8) is 0 Å². The highest BCUT2D eigenvalue weighted by Gasteiger charge is 2.27. The third-order valence-corrected chi connectivity index (χ3v) is 4.13. The molecule has 0 amide bonds. The Hall–Kier alpha value is -0.470. The first-order valence-electron chi connectivity index (χ1n) is 5.34. The van der Waals surface area contributed by atoms with Gasteiger partial charge in [0.25, 0.3) is 0 Å². The van der Waals surface area contributed by atoms with Crippen LogP contribution < -0.4 is 0 Å². The van der Waals surface area contributed by atoms with Crippen LogP contribution in [-0.4, -0.2) is 9.30 Å². The Morgan fingerprint density at radius 3 is 1.87 bits per heavy atom. The van der Waals surface area contributed by atoms with E-state index in [-0.39, 0.29) is 4.75 Å². The highest BCUT2D eigenvalue weighted by molar-refractivity contribution is 7.92. The lowest BCUT2D eigenvalue weighted by molar-refractivity contribution is 0.559. The van der Waals surface area contributed by atoms with Crippen molar-refractivity contribution < 1.29 is 4.55 Å². The van der Waals surface area contributed by atoms with Crippen molar-refractivity contribution in [3.8, 4) is 0 Å². The predicted molar refractivity (Wildman–Crippen MR) is 66.7 cm³/mol. The summed E-state index contributed by atoms with van der Waals surface area (Å²) < 4.78 is 11.9. The summed E-state index contributed by atoms with van der Waals surface area (Å²) in [6, 6.07) is 8.11. The molecular weight excluding hydrogens is 204 g/mol. The lowest BCUT2D eigenvalue weighted by Crippen LogP contribution is -2.27. The Morgan fingerprint density at radius 1 is 1.07 bits per heavy atom. The molecule has 0 N–H and O–H groups in total. The van der Waals surface area contributed by atoms with Gasteiger partial charge < -0.3 is 4.55 Å². The fourth-order valence-electron chi connectivity index (χ4n) is 1.33. The van der Waals surface area contributed by atoms with Gasteiger partial charge in [0.1, 0.15) is 4.75 Å². The van der Waals surface area contributed by atoms with E-state index in [4.69, 9.17) is 0 Å². The van der Waals surface area contributed by atoms with Gasteiger partial charge in [-0.3, -0.25) is 0 Å². The summed E-state index contributed by atoms with van der Waals surface area (Å²) >= 11 is -0.922. The minimum atomic E-state index is -0.922. The molecule has 0 unspecified atom stereocenters. The monoisotopic (exact) mass is 224 g/mol. The maximum atomic E-state index is 12.1. The van der Waals surface area contributed by atoms with Crippen molar-refractivity contribution in [1.29, 1.82) is 0 Å². The summed E-state index contributed by atoms with van der Waals surface area (Å²) in [7, 11) is 0. The highest BCUT2D eigenvalue weighted by atomic mass is 32.2. The number of benzene rings is 1. The second-order valence-corrected chi connectivity index (χ2v) is 7.34. The van der Waals surface area contributed by atoms with E-state index in [0.29, 0.717) is 5.92 Å². The molecule has 0 bridgehead atoms. The Morgan fingerprint density at radius 2 is 1.53 bits per heavy atom. The lowest BCUT2D eigenvalue weighted by atomic mass is 10.0. The summed E-state index contributed by atoms with van der Waals surface area (Å²) in [5.74, 6) is 0.530. The SMILES string of the molecule is CC(C)c1ccc([S@+]([O-])C(C)(C)C)cc1. The standard InChI is InChI=1S/C13H20OS/c1-10(2)11-6-8-12(9-7-11)15(14)13(3,4)5/h6-10H,1-5H3/t15-/m0/s1. The zero-order chi connectivity index (χ0) is 11.6. The molecule has 1 nitrogen and oxygen atoms in total. The fourth-order valence-corrected chi connectivity index (χ4v) is 2.42. The molecule has 84 valence electrons. The van der Waals surface area contributed by atoms with Crippen LogP contribution in [0.2, 0.25) is 0 Å². The first-order valence-corrected chi connectivity index (χ1v) is 6.49.